The number of aromatic hydroxyl groups is 2. The molecule has 8 nitrogen and oxygen atoms in total. The molecule has 518 valence electrons. The van der Waals surface area contributed by atoms with E-state index in [9.17, 15) is 10.2 Å². The Morgan fingerprint density at radius 3 is 0.929 bits per heavy atom. The molecule has 11 aromatic rings. The standard InChI is InChI=1S/C86H96Cl2N6O2.2Pt/c1-79(2,3)53-37-54(80(4,5)6)40-61(39-53)93-71-29-25-27-63(73(71)91-77(93)65-43-57(83(13,14)15)45-67(75(65)95)85(19,20)21)49-31-51(35-59(87)33-49)69-47-70(90-48-89-69)52-32-50(34-60(88)36-52)64-28-26-30-72-74(64)92-78(66-44-58(84(16,17)18)46-68(76(66)96)86(22,23)24)94(72)62-41-55(81(7,8)9)38-56(42-62)82(10,11)12;;/h25-30,33-48,95-96H,1-24H3;;/q-2;;. The van der Waals surface area contributed by atoms with E-state index in [2.05, 4.69) is 284 Å². The van der Waals surface area contributed by atoms with Crippen LogP contribution < -0.4 is 0 Å². The summed E-state index contributed by atoms with van der Waals surface area (Å²) in [5.74, 6) is 1.67. The second-order valence-corrected chi connectivity index (χ2v) is 35.7. The van der Waals surface area contributed by atoms with Gasteiger partial charge in [-0.2, -0.15) is 0 Å². The van der Waals surface area contributed by atoms with E-state index in [1.54, 1.807) is 6.33 Å². The molecule has 3 aromatic heterocycles. The number of phenols is 2. The summed E-state index contributed by atoms with van der Waals surface area (Å²) in [6.45, 7) is 53.2. The maximum Gasteiger partial charge on any atom is 0.148 e. The fraction of sp³-hybridized carbons (Fsp3) is 0.372. The van der Waals surface area contributed by atoms with Crippen LogP contribution in [0, 0.1) is 12.1 Å². The van der Waals surface area contributed by atoms with Crippen LogP contribution in [0.1, 0.15) is 211 Å². The van der Waals surface area contributed by atoms with Crippen LogP contribution >= 0.6 is 23.2 Å². The zero-order chi connectivity index (χ0) is 70.3. The van der Waals surface area contributed by atoms with Crippen LogP contribution in [0.3, 0.4) is 0 Å². The van der Waals surface area contributed by atoms with Crippen molar-refractivity contribution in [3.63, 3.8) is 0 Å². The van der Waals surface area contributed by atoms with Gasteiger partial charge in [0, 0.05) is 76.0 Å². The first-order valence-electron chi connectivity index (χ1n) is 33.7. The van der Waals surface area contributed by atoms with Crippen LogP contribution in [0.4, 0.5) is 0 Å². The predicted octanol–water partition coefficient (Wildman–Crippen LogP) is 23.8. The zero-order valence-corrected chi connectivity index (χ0v) is 67.7. The van der Waals surface area contributed by atoms with Crippen LogP contribution in [0.2, 0.25) is 10.0 Å². The number of para-hydroxylation sites is 2. The summed E-state index contributed by atoms with van der Waals surface area (Å²) >= 11 is 14.5. The van der Waals surface area contributed by atoms with Crippen molar-refractivity contribution in [3.05, 3.63) is 200 Å². The van der Waals surface area contributed by atoms with E-state index in [0.29, 0.717) is 55.3 Å². The van der Waals surface area contributed by atoms with Crippen molar-refractivity contribution in [1.29, 1.82) is 0 Å². The quantitative estimate of drug-likeness (QED) is 0.147. The first-order valence-corrected chi connectivity index (χ1v) is 34.4. The summed E-state index contributed by atoms with van der Waals surface area (Å²) in [6.07, 6.45) is 1.56. The summed E-state index contributed by atoms with van der Waals surface area (Å²) in [6, 6.07) is 51.8. The van der Waals surface area contributed by atoms with Crippen molar-refractivity contribution in [3.8, 4) is 90.4 Å². The third-order valence-electron chi connectivity index (χ3n) is 18.7. The van der Waals surface area contributed by atoms with Crippen LogP contribution in [0.5, 0.6) is 11.5 Å². The summed E-state index contributed by atoms with van der Waals surface area (Å²) in [7, 11) is 0. The fourth-order valence-electron chi connectivity index (χ4n) is 12.6. The number of imidazole rings is 2. The zero-order valence-electron chi connectivity index (χ0n) is 61.7. The summed E-state index contributed by atoms with van der Waals surface area (Å²) in [5.41, 5.74) is 18.7. The monoisotopic (exact) mass is 1700 g/mol. The van der Waals surface area contributed by atoms with E-state index >= 15 is 0 Å². The van der Waals surface area contributed by atoms with Gasteiger partial charge >= 0.3 is 0 Å². The molecule has 3 heterocycles. The van der Waals surface area contributed by atoms with Gasteiger partial charge in [0.25, 0.3) is 0 Å². The van der Waals surface area contributed by atoms with Crippen molar-refractivity contribution in [1.82, 2.24) is 29.1 Å². The van der Waals surface area contributed by atoms with Gasteiger partial charge in [-0.15, -0.1) is 70.7 Å². The normalized spacial score (nSPS) is 12.9. The Hall–Kier alpha value is -6.66. The van der Waals surface area contributed by atoms with Crippen molar-refractivity contribution in [2.24, 2.45) is 0 Å². The van der Waals surface area contributed by atoms with Gasteiger partial charge in [0.2, 0.25) is 0 Å². The first-order chi connectivity index (χ1) is 44.2. The maximum absolute atomic E-state index is 12.7. The van der Waals surface area contributed by atoms with Gasteiger partial charge in [-0.05, 0) is 135 Å². The summed E-state index contributed by atoms with van der Waals surface area (Å²) in [4.78, 5) is 21.0. The minimum Gasteiger partial charge on any atom is -0.507 e. The molecule has 11 rings (SSSR count). The summed E-state index contributed by atoms with van der Waals surface area (Å²) < 4.78 is 4.46. The Balaban J connectivity index is 0.00000562. The van der Waals surface area contributed by atoms with Crippen LogP contribution in [-0.4, -0.2) is 39.3 Å². The Kier molecular flexibility index (Phi) is 20.3. The molecule has 0 aliphatic rings. The number of nitrogens with zero attached hydrogens (tertiary/aromatic N) is 6. The molecule has 0 saturated carbocycles. The molecule has 0 amide bonds. The Labute approximate surface area is 622 Å². The average Bonchev–Trinajstić information content (AvgIpc) is 1.55. The minimum absolute atomic E-state index is 0. The van der Waals surface area contributed by atoms with Crippen molar-refractivity contribution >= 4 is 45.3 Å². The van der Waals surface area contributed by atoms with Crippen LogP contribution in [0.25, 0.3) is 101 Å². The predicted molar refractivity (Wildman–Crippen MR) is 405 cm³/mol. The largest absolute Gasteiger partial charge is 0.507 e. The molecule has 12 heteroatoms. The molecule has 98 heavy (non-hydrogen) atoms. The molecule has 0 aliphatic carbocycles. The second-order valence-electron chi connectivity index (χ2n) is 34.8. The number of aromatic nitrogens is 6. The fourth-order valence-corrected chi connectivity index (χ4v) is 13.1. The van der Waals surface area contributed by atoms with Gasteiger partial charge in [-0.1, -0.05) is 243 Å². The number of benzene rings is 8. The smallest absolute Gasteiger partial charge is 0.148 e. The van der Waals surface area contributed by atoms with E-state index < -0.39 is 0 Å². The minimum atomic E-state index is -0.377. The van der Waals surface area contributed by atoms with Gasteiger partial charge in [0.05, 0.1) is 39.5 Å². The third-order valence-corrected chi connectivity index (χ3v) is 19.1. The molecule has 0 saturated heterocycles. The average molecular weight is 1710 g/mol. The van der Waals surface area contributed by atoms with Gasteiger partial charge in [-0.25, -0.2) is 9.97 Å². The van der Waals surface area contributed by atoms with Crippen molar-refractivity contribution < 1.29 is 52.3 Å². The molecule has 0 fully saturated rings. The Morgan fingerprint density at radius 1 is 0.337 bits per heavy atom. The van der Waals surface area contributed by atoms with Crippen molar-refractivity contribution in [2.75, 3.05) is 0 Å². The van der Waals surface area contributed by atoms with Gasteiger partial charge in [-0.3, -0.25) is 19.1 Å². The van der Waals surface area contributed by atoms with Crippen molar-refractivity contribution in [2.45, 2.75) is 209 Å². The molecule has 0 bridgehead atoms. The number of phenolic OH excluding ortho intramolecular Hbond substituents is 2. The first kappa shape index (κ1) is 75.5. The number of rotatable bonds is 8. The maximum atomic E-state index is 12.7. The molecule has 8 aromatic carbocycles. The molecule has 0 atom stereocenters. The molecular weight excluding hydrogens is 1610 g/mol. The molecule has 0 aliphatic heterocycles. The van der Waals surface area contributed by atoms with Gasteiger partial charge < -0.3 is 10.2 Å². The van der Waals surface area contributed by atoms with Gasteiger partial charge in [0.15, 0.2) is 0 Å². The molecule has 0 unspecified atom stereocenters. The Morgan fingerprint density at radius 2 is 0.633 bits per heavy atom. The summed E-state index contributed by atoms with van der Waals surface area (Å²) in [5, 5.41) is 26.3. The van der Waals surface area contributed by atoms with E-state index in [1.165, 1.54) is 22.3 Å². The topological polar surface area (TPSA) is 102 Å². The SMILES string of the molecule is CC(C)(C)c1cc(-n2c(-c3cc(C(C)(C)C)cc(C(C)(C)C)c3O)nc3c(-c4[c-]c(-c5cc(-c6[c-]c(-c7cccc8c7nc(-c7cc(C(C)(C)C)cc(C(C)(C)C)c7O)n8-c7cc(C(C)(C)C)cc(C(C)(C)C)c7)cc(Cl)c6)ncn5)cc(Cl)c4)cccc32)cc(C(C)(C)C)c1.[Pt].[Pt]. The number of fused-ring (bicyclic) bond motifs is 2. The molecular formula is C86H96Cl2N6O2Pt2-2. The Bertz CT molecular complexity index is 4530. The third kappa shape index (κ3) is 15.0. The number of hydrogen-bond acceptors (Lipinski definition) is 6. The number of halogens is 2. The van der Waals surface area contributed by atoms with Gasteiger partial charge in [0.1, 0.15) is 23.1 Å². The van der Waals surface area contributed by atoms with Crippen LogP contribution in [0.15, 0.2) is 134 Å². The van der Waals surface area contributed by atoms with E-state index in [1.807, 2.05) is 30.3 Å². The molecule has 0 radical (unpaired) electrons. The second kappa shape index (κ2) is 26.4. The molecule has 2 N–H and O–H groups in total. The van der Waals surface area contributed by atoms with E-state index in [0.717, 1.165) is 77.9 Å². The number of hydrogen-bond donors (Lipinski definition) is 2. The van der Waals surface area contributed by atoms with E-state index in [-0.39, 0.29) is 96.9 Å². The van der Waals surface area contributed by atoms with Crippen LogP contribution in [-0.2, 0) is 85.5 Å². The van der Waals surface area contributed by atoms with E-state index in [4.69, 9.17) is 43.1 Å². The molecule has 0 spiro atoms.